The van der Waals surface area contributed by atoms with Crippen molar-refractivity contribution in [3.05, 3.63) is 53.2 Å². The lowest BCUT2D eigenvalue weighted by molar-refractivity contribution is 0.122. The Labute approximate surface area is 155 Å². The largest absolute Gasteiger partial charge is 0.378 e. The molecule has 142 valence electrons. The van der Waals surface area contributed by atoms with Crippen LogP contribution in [0.3, 0.4) is 0 Å². The number of hydrogen-bond acceptors (Lipinski definition) is 4. The van der Waals surface area contributed by atoms with Gasteiger partial charge in [-0.05, 0) is 30.2 Å². The predicted molar refractivity (Wildman–Crippen MR) is 96.9 cm³/mol. The molecule has 0 radical (unpaired) electrons. The van der Waals surface area contributed by atoms with Crippen molar-refractivity contribution in [2.45, 2.75) is 13.0 Å². The van der Waals surface area contributed by atoms with Crippen LogP contribution in [-0.2, 0) is 17.7 Å². The van der Waals surface area contributed by atoms with Crippen molar-refractivity contribution in [1.82, 2.24) is 10.3 Å². The Morgan fingerprint density at radius 1 is 1.15 bits per heavy atom. The number of nitrogens with zero attached hydrogens (tertiary/aromatic N) is 3. The van der Waals surface area contributed by atoms with Crippen LogP contribution < -0.4 is 15.1 Å². The molecule has 0 spiro atoms. The van der Waals surface area contributed by atoms with Crippen LogP contribution in [0.2, 0.25) is 0 Å². The minimum absolute atomic E-state index is 0.256. The Morgan fingerprint density at radius 3 is 2.74 bits per heavy atom. The maximum Gasteiger partial charge on any atom is 0.322 e. The SMILES string of the molecule is O=C(NCc1cccc(N2CCOCC2)n1)N1CCc2cc(F)c(F)cc21. The van der Waals surface area contributed by atoms with Crippen LogP contribution in [0.5, 0.6) is 0 Å². The Morgan fingerprint density at radius 2 is 1.93 bits per heavy atom. The summed E-state index contributed by atoms with van der Waals surface area (Å²) < 4.78 is 32.2. The molecule has 2 aromatic rings. The van der Waals surface area contributed by atoms with Gasteiger partial charge in [-0.15, -0.1) is 0 Å². The van der Waals surface area contributed by atoms with Gasteiger partial charge in [0.2, 0.25) is 0 Å². The smallest absolute Gasteiger partial charge is 0.322 e. The second-order valence-electron chi connectivity index (χ2n) is 6.54. The summed E-state index contributed by atoms with van der Waals surface area (Å²) in [5.74, 6) is -0.984. The molecule has 2 amide bonds. The molecule has 0 saturated carbocycles. The highest BCUT2D eigenvalue weighted by Gasteiger charge is 2.26. The van der Waals surface area contributed by atoms with E-state index in [4.69, 9.17) is 4.74 Å². The van der Waals surface area contributed by atoms with E-state index >= 15 is 0 Å². The highest BCUT2D eigenvalue weighted by molar-refractivity contribution is 5.94. The molecule has 2 aliphatic heterocycles. The Bertz CT molecular complexity index is 856. The number of rotatable bonds is 3. The monoisotopic (exact) mass is 374 g/mol. The summed E-state index contributed by atoms with van der Waals surface area (Å²) in [6.45, 7) is 3.57. The Hall–Kier alpha value is -2.74. The first-order chi connectivity index (χ1) is 13.1. The number of carbonyl (C=O) groups excluding carboxylic acids is 1. The van der Waals surface area contributed by atoms with E-state index in [-0.39, 0.29) is 12.6 Å². The lowest BCUT2D eigenvalue weighted by atomic mass is 10.1. The third kappa shape index (κ3) is 3.71. The van der Waals surface area contributed by atoms with Crippen LogP contribution in [0.25, 0.3) is 0 Å². The van der Waals surface area contributed by atoms with E-state index in [0.29, 0.717) is 37.4 Å². The number of halogens is 2. The van der Waals surface area contributed by atoms with Gasteiger partial charge in [-0.25, -0.2) is 18.6 Å². The number of urea groups is 1. The second-order valence-corrected chi connectivity index (χ2v) is 6.54. The van der Waals surface area contributed by atoms with Gasteiger partial charge in [0.25, 0.3) is 0 Å². The molecule has 1 fully saturated rings. The van der Waals surface area contributed by atoms with Crippen molar-refractivity contribution < 1.29 is 18.3 Å². The molecule has 6 nitrogen and oxygen atoms in total. The molecule has 0 bridgehead atoms. The second kappa shape index (κ2) is 7.48. The van der Waals surface area contributed by atoms with E-state index in [2.05, 4.69) is 15.2 Å². The number of nitrogens with one attached hydrogen (secondary N) is 1. The molecule has 0 aliphatic carbocycles. The van der Waals surface area contributed by atoms with Crippen molar-refractivity contribution in [3.63, 3.8) is 0 Å². The minimum atomic E-state index is -0.951. The van der Waals surface area contributed by atoms with Crippen molar-refractivity contribution >= 4 is 17.5 Å². The van der Waals surface area contributed by atoms with Gasteiger partial charge in [0.1, 0.15) is 5.82 Å². The van der Waals surface area contributed by atoms with Crippen LogP contribution in [0, 0.1) is 11.6 Å². The summed E-state index contributed by atoms with van der Waals surface area (Å²) in [5.41, 5.74) is 1.79. The molecule has 0 atom stereocenters. The summed E-state index contributed by atoms with van der Waals surface area (Å²) in [7, 11) is 0. The average molecular weight is 374 g/mol. The number of benzene rings is 1. The molecular formula is C19H20F2N4O2. The molecule has 2 aliphatic rings. The first-order valence-electron chi connectivity index (χ1n) is 8.94. The zero-order chi connectivity index (χ0) is 18.8. The number of morpholine rings is 1. The van der Waals surface area contributed by atoms with Crippen molar-refractivity contribution in [2.75, 3.05) is 42.6 Å². The molecule has 8 heteroatoms. The van der Waals surface area contributed by atoms with E-state index in [1.807, 2.05) is 18.2 Å². The number of fused-ring (bicyclic) bond motifs is 1. The number of amides is 2. The van der Waals surface area contributed by atoms with Crippen LogP contribution in [0.1, 0.15) is 11.3 Å². The van der Waals surface area contributed by atoms with Crippen molar-refractivity contribution in [3.8, 4) is 0 Å². The highest BCUT2D eigenvalue weighted by atomic mass is 19.2. The first-order valence-corrected chi connectivity index (χ1v) is 8.94. The topological polar surface area (TPSA) is 57.7 Å². The minimum Gasteiger partial charge on any atom is -0.378 e. The van der Waals surface area contributed by atoms with Gasteiger partial charge in [-0.3, -0.25) is 4.90 Å². The summed E-state index contributed by atoms with van der Waals surface area (Å²) >= 11 is 0. The van der Waals surface area contributed by atoms with Gasteiger partial charge >= 0.3 is 6.03 Å². The molecule has 1 N–H and O–H groups in total. The number of hydrogen-bond donors (Lipinski definition) is 1. The molecule has 0 unspecified atom stereocenters. The van der Waals surface area contributed by atoms with Crippen LogP contribution in [-0.4, -0.2) is 43.9 Å². The lowest BCUT2D eigenvalue weighted by Gasteiger charge is -2.28. The van der Waals surface area contributed by atoms with Crippen LogP contribution >= 0.6 is 0 Å². The molecule has 1 saturated heterocycles. The fourth-order valence-corrected chi connectivity index (χ4v) is 3.39. The van der Waals surface area contributed by atoms with Gasteiger partial charge in [-0.1, -0.05) is 6.07 Å². The van der Waals surface area contributed by atoms with Crippen LogP contribution in [0.4, 0.5) is 25.1 Å². The first kappa shape index (κ1) is 17.7. The normalized spacial score (nSPS) is 16.4. The van der Waals surface area contributed by atoms with E-state index in [1.54, 1.807) is 0 Å². The highest BCUT2D eigenvalue weighted by Crippen LogP contribution is 2.30. The number of carbonyl (C=O) groups is 1. The number of anilines is 2. The lowest BCUT2D eigenvalue weighted by Crippen LogP contribution is -2.39. The fourth-order valence-electron chi connectivity index (χ4n) is 3.39. The summed E-state index contributed by atoms with van der Waals surface area (Å²) in [5, 5.41) is 2.81. The van der Waals surface area contributed by atoms with E-state index in [1.165, 1.54) is 4.90 Å². The maximum absolute atomic E-state index is 13.5. The van der Waals surface area contributed by atoms with E-state index < -0.39 is 11.6 Å². The zero-order valence-corrected chi connectivity index (χ0v) is 14.8. The Kier molecular flexibility index (Phi) is 4.89. The average Bonchev–Trinajstić information content (AvgIpc) is 3.10. The Balaban J connectivity index is 1.41. The fraction of sp³-hybridized carbons (Fsp3) is 0.368. The van der Waals surface area contributed by atoms with Gasteiger partial charge in [0.15, 0.2) is 11.6 Å². The van der Waals surface area contributed by atoms with Gasteiger partial charge in [0, 0.05) is 25.7 Å². The maximum atomic E-state index is 13.5. The summed E-state index contributed by atoms with van der Waals surface area (Å²) in [4.78, 5) is 20.7. The third-order valence-corrected chi connectivity index (χ3v) is 4.81. The van der Waals surface area contributed by atoms with Crippen molar-refractivity contribution in [1.29, 1.82) is 0 Å². The molecule has 27 heavy (non-hydrogen) atoms. The number of ether oxygens (including phenoxy) is 1. The van der Waals surface area contributed by atoms with Gasteiger partial charge in [0.05, 0.1) is 31.1 Å². The zero-order valence-electron chi connectivity index (χ0n) is 14.8. The third-order valence-electron chi connectivity index (χ3n) is 4.81. The quantitative estimate of drug-likeness (QED) is 0.897. The number of aromatic nitrogens is 1. The van der Waals surface area contributed by atoms with Crippen LogP contribution in [0.15, 0.2) is 30.3 Å². The molecule has 1 aromatic carbocycles. The predicted octanol–water partition coefficient (Wildman–Crippen LogP) is 2.47. The van der Waals surface area contributed by atoms with Gasteiger partial charge < -0.3 is 15.0 Å². The van der Waals surface area contributed by atoms with E-state index in [9.17, 15) is 13.6 Å². The molecule has 1 aromatic heterocycles. The van der Waals surface area contributed by atoms with Gasteiger partial charge in [-0.2, -0.15) is 0 Å². The summed E-state index contributed by atoms with van der Waals surface area (Å²) in [6, 6.07) is 7.57. The molecule has 4 rings (SSSR count). The van der Waals surface area contributed by atoms with E-state index in [0.717, 1.165) is 36.7 Å². The standard InChI is InChI=1S/C19H20F2N4O2/c20-15-10-13-4-5-25(17(13)11-16(15)21)19(26)22-12-14-2-1-3-18(23-14)24-6-8-27-9-7-24/h1-3,10-11H,4-9,12H2,(H,22,26). The van der Waals surface area contributed by atoms with Crippen molar-refractivity contribution in [2.24, 2.45) is 0 Å². The number of pyridine rings is 1. The molecular weight excluding hydrogens is 354 g/mol. The summed E-state index contributed by atoms with van der Waals surface area (Å²) in [6.07, 6.45) is 0.505. The molecule has 3 heterocycles.